The van der Waals surface area contributed by atoms with E-state index in [9.17, 15) is 9.50 Å². The first-order chi connectivity index (χ1) is 10.1. The standard InChI is InChI=1S/C17H24FNO2/c1-4-10-21-13-16(20)12-19(14(3)5-2)11-15-8-6-7-9-17(15)18/h1,6-9,14,16,20H,5,10-13H2,2-3H3/t14-,16+/m0/s1. The highest BCUT2D eigenvalue weighted by Gasteiger charge is 2.18. The summed E-state index contributed by atoms with van der Waals surface area (Å²) in [5.41, 5.74) is 0.634. The van der Waals surface area contributed by atoms with Crippen molar-refractivity contribution in [1.29, 1.82) is 0 Å². The summed E-state index contributed by atoms with van der Waals surface area (Å²) in [5, 5.41) is 10.0. The molecule has 1 aromatic rings. The van der Waals surface area contributed by atoms with Crippen molar-refractivity contribution < 1.29 is 14.2 Å². The zero-order valence-electron chi connectivity index (χ0n) is 12.8. The summed E-state index contributed by atoms with van der Waals surface area (Å²) >= 11 is 0. The summed E-state index contributed by atoms with van der Waals surface area (Å²) in [6, 6.07) is 6.96. The maximum Gasteiger partial charge on any atom is 0.127 e. The van der Waals surface area contributed by atoms with E-state index >= 15 is 0 Å². The van der Waals surface area contributed by atoms with Gasteiger partial charge in [0.25, 0.3) is 0 Å². The molecule has 0 radical (unpaired) electrons. The molecular weight excluding hydrogens is 269 g/mol. The molecule has 0 spiro atoms. The van der Waals surface area contributed by atoms with Crippen LogP contribution in [0.5, 0.6) is 0 Å². The Morgan fingerprint density at radius 1 is 1.43 bits per heavy atom. The van der Waals surface area contributed by atoms with E-state index in [0.29, 0.717) is 18.7 Å². The van der Waals surface area contributed by atoms with Crippen LogP contribution in [-0.2, 0) is 11.3 Å². The third-order valence-electron chi connectivity index (χ3n) is 3.49. The van der Waals surface area contributed by atoms with Gasteiger partial charge in [0.15, 0.2) is 0 Å². The molecule has 4 heteroatoms. The second kappa shape index (κ2) is 9.51. The van der Waals surface area contributed by atoms with Crippen molar-refractivity contribution in [2.24, 2.45) is 0 Å². The van der Waals surface area contributed by atoms with Crippen LogP contribution in [0, 0.1) is 18.2 Å². The lowest BCUT2D eigenvalue weighted by molar-refractivity contribution is 0.0167. The molecule has 0 fully saturated rings. The van der Waals surface area contributed by atoms with Gasteiger partial charge in [0.2, 0.25) is 0 Å². The number of aliphatic hydroxyl groups excluding tert-OH is 1. The molecule has 0 aliphatic carbocycles. The molecule has 21 heavy (non-hydrogen) atoms. The maximum atomic E-state index is 13.8. The minimum atomic E-state index is -0.640. The van der Waals surface area contributed by atoms with E-state index in [4.69, 9.17) is 11.2 Å². The molecule has 0 heterocycles. The van der Waals surface area contributed by atoms with E-state index < -0.39 is 6.10 Å². The van der Waals surface area contributed by atoms with E-state index in [2.05, 4.69) is 24.7 Å². The van der Waals surface area contributed by atoms with E-state index in [-0.39, 0.29) is 25.1 Å². The Kier molecular flexibility index (Phi) is 7.99. The molecule has 1 N–H and O–H groups in total. The van der Waals surface area contributed by atoms with Crippen LogP contribution in [0.4, 0.5) is 4.39 Å². The zero-order valence-corrected chi connectivity index (χ0v) is 12.8. The number of rotatable bonds is 9. The van der Waals surface area contributed by atoms with Crippen molar-refractivity contribution in [3.63, 3.8) is 0 Å². The molecule has 116 valence electrons. The Hall–Kier alpha value is -1.41. The minimum Gasteiger partial charge on any atom is -0.389 e. The fourth-order valence-electron chi connectivity index (χ4n) is 2.08. The molecule has 2 atom stereocenters. The fraction of sp³-hybridized carbons (Fsp3) is 0.529. The fourth-order valence-corrected chi connectivity index (χ4v) is 2.08. The van der Waals surface area contributed by atoms with Gasteiger partial charge >= 0.3 is 0 Å². The number of terminal acetylenes is 1. The Bertz CT molecular complexity index is 458. The van der Waals surface area contributed by atoms with Gasteiger partial charge in [-0.3, -0.25) is 4.90 Å². The number of halogens is 1. The average molecular weight is 293 g/mol. The molecule has 1 aromatic carbocycles. The van der Waals surface area contributed by atoms with Crippen molar-refractivity contribution in [3.8, 4) is 12.3 Å². The summed E-state index contributed by atoms with van der Waals surface area (Å²) < 4.78 is 18.9. The Morgan fingerprint density at radius 3 is 2.76 bits per heavy atom. The van der Waals surface area contributed by atoms with Crippen molar-refractivity contribution in [2.45, 2.75) is 39.0 Å². The molecule has 1 rings (SSSR count). The van der Waals surface area contributed by atoms with Crippen LogP contribution < -0.4 is 0 Å². The topological polar surface area (TPSA) is 32.7 Å². The molecular formula is C17H24FNO2. The maximum absolute atomic E-state index is 13.8. The van der Waals surface area contributed by atoms with Gasteiger partial charge in [-0.05, 0) is 19.4 Å². The lowest BCUT2D eigenvalue weighted by Crippen LogP contribution is -2.40. The van der Waals surface area contributed by atoms with E-state index in [1.807, 2.05) is 6.07 Å². The van der Waals surface area contributed by atoms with Crippen LogP contribution in [0.2, 0.25) is 0 Å². The molecule has 0 aliphatic rings. The normalized spacial score (nSPS) is 13.9. The Labute approximate surface area is 126 Å². The molecule has 0 unspecified atom stereocenters. The summed E-state index contributed by atoms with van der Waals surface area (Å²) in [5.74, 6) is 2.14. The largest absolute Gasteiger partial charge is 0.389 e. The second-order valence-corrected chi connectivity index (χ2v) is 5.15. The SMILES string of the molecule is C#CCOC[C@H](O)CN(Cc1ccccc1F)[C@@H](C)CC. The first-order valence-electron chi connectivity index (χ1n) is 7.25. The van der Waals surface area contributed by atoms with Crippen molar-refractivity contribution >= 4 is 0 Å². The van der Waals surface area contributed by atoms with Gasteiger partial charge in [0.05, 0.1) is 12.7 Å². The van der Waals surface area contributed by atoms with Crippen LogP contribution >= 0.6 is 0 Å². The van der Waals surface area contributed by atoms with E-state index in [0.717, 1.165) is 6.42 Å². The Balaban J connectivity index is 2.64. The number of ether oxygens (including phenoxy) is 1. The minimum absolute atomic E-state index is 0.188. The highest BCUT2D eigenvalue weighted by Crippen LogP contribution is 2.14. The van der Waals surface area contributed by atoms with Gasteiger partial charge in [-0.15, -0.1) is 6.42 Å². The monoisotopic (exact) mass is 293 g/mol. The summed E-state index contributed by atoms with van der Waals surface area (Å²) in [6.45, 7) is 5.40. The van der Waals surface area contributed by atoms with Gasteiger partial charge in [-0.25, -0.2) is 4.39 Å². The first-order valence-corrected chi connectivity index (χ1v) is 7.25. The molecule has 3 nitrogen and oxygen atoms in total. The molecule has 0 bridgehead atoms. The first kappa shape index (κ1) is 17.6. The van der Waals surface area contributed by atoms with Gasteiger partial charge in [-0.1, -0.05) is 31.0 Å². The zero-order chi connectivity index (χ0) is 15.7. The second-order valence-electron chi connectivity index (χ2n) is 5.15. The third-order valence-corrected chi connectivity index (χ3v) is 3.49. The van der Waals surface area contributed by atoms with Crippen LogP contribution in [0.25, 0.3) is 0 Å². The molecule has 0 aliphatic heterocycles. The highest BCUT2D eigenvalue weighted by molar-refractivity contribution is 5.17. The number of aliphatic hydroxyl groups is 1. The summed E-state index contributed by atoms with van der Waals surface area (Å²) in [4.78, 5) is 2.06. The molecule has 0 saturated carbocycles. The predicted octanol–water partition coefficient (Wildman–Crippen LogP) is 2.44. The van der Waals surface area contributed by atoms with Gasteiger partial charge in [-0.2, -0.15) is 0 Å². The smallest absolute Gasteiger partial charge is 0.127 e. The number of benzene rings is 1. The van der Waals surface area contributed by atoms with E-state index in [1.54, 1.807) is 12.1 Å². The van der Waals surface area contributed by atoms with Crippen molar-refractivity contribution in [1.82, 2.24) is 4.90 Å². The third kappa shape index (κ3) is 6.26. The molecule has 0 saturated heterocycles. The summed E-state index contributed by atoms with van der Waals surface area (Å²) in [6.07, 6.45) is 5.38. The van der Waals surface area contributed by atoms with Crippen molar-refractivity contribution in [3.05, 3.63) is 35.6 Å². The van der Waals surface area contributed by atoms with Crippen molar-refractivity contribution in [2.75, 3.05) is 19.8 Å². The molecule has 0 aromatic heterocycles. The highest BCUT2D eigenvalue weighted by atomic mass is 19.1. The van der Waals surface area contributed by atoms with Gasteiger partial charge < -0.3 is 9.84 Å². The van der Waals surface area contributed by atoms with Gasteiger partial charge in [0.1, 0.15) is 12.4 Å². The Morgan fingerprint density at radius 2 is 2.14 bits per heavy atom. The number of hydrogen-bond donors (Lipinski definition) is 1. The van der Waals surface area contributed by atoms with E-state index in [1.165, 1.54) is 6.07 Å². The van der Waals surface area contributed by atoms with Crippen LogP contribution in [0.1, 0.15) is 25.8 Å². The lowest BCUT2D eigenvalue weighted by Gasteiger charge is -2.30. The molecule has 0 amide bonds. The number of nitrogens with zero attached hydrogens (tertiary/aromatic N) is 1. The summed E-state index contributed by atoms with van der Waals surface area (Å²) in [7, 11) is 0. The quantitative estimate of drug-likeness (QED) is 0.561. The van der Waals surface area contributed by atoms with Crippen LogP contribution in [-0.4, -0.2) is 41.9 Å². The van der Waals surface area contributed by atoms with Crippen LogP contribution in [0.3, 0.4) is 0 Å². The number of hydrogen-bond acceptors (Lipinski definition) is 3. The average Bonchev–Trinajstić information content (AvgIpc) is 2.48. The lowest BCUT2D eigenvalue weighted by atomic mass is 10.1. The van der Waals surface area contributed by atoms with Crippen LogP contribution in [0.15, 0.2) is 24.3 Å². The predicted molar refractivity (Wildman–Crippen MR) is 82.2 cm³/mol. The van der Waals surface area contributed by atoms with Gasteiger partial charge in [0, 0.05) is 24.7 Å².